The van der Waals surface area contributed by atoms with Gasteiger partial charge in [-0.15, -0.1) is 0 Å². The molecule has 0 radical (unpaired) electrons. The minimum atomic E-state index is -3.30. The molecule has 0 amide bonds. The number of aromatic nitrogens is 1. The van der Waals surface area contributed by atoms with E-state index < -0.39 is 10.0 Å². The van der Waals surface area contributed by atoms with Crippen molar-refractivity contribution in [3.63, 3.8) is 0 Å². The molecule has 0 aliphatic heterocycles. The van der Waals surface area contributed by atoms with Gasteiger partial charge >= 0.3 is 0 Å². The van der Waals surface area contributed by atoms with Crippen LogP contribution in [0.5, 0.6) is 5.75 Å². The summed E-state index contributed by atoms with van der Waals surface area (Å²) < 4.78 is 31.9. The smallest absolute Gasteiger partial charge is 0.229 e. The standard InChI is InChI=1S/C21H23BrN2O3S/c1-21(2,3)17-11-18(22)19-16(20(17)27-4)10-14(12-23-19)13-6-8-15(9-7-13)24-28(5,25)26/h6-12,24H,1-5H3. The number of pyridine rings is 1. The summed E-state index contributed by atoms with van der Waals surface area (Å²) in [5.41, 5.74) is 4.24. The number of hydrogen-bond acceptors (Lipinski definition) is 4. The molecule has 0 spiro atoms. The fourth-order valence-corrected chi connectivity index (χ4v) is 4.22. The van der Waals surface area contributed by atoms with Gasteiger partial charge in [-0.3, -0.25) is 9.71 Å². The maximum atomic E-state index is 11.4. The molecule has 5 nitrogen and oxygen atoms in total. The van der Waals surface area contributed by atoms with Crippen molar-refractivity contribution in [2.45, 2.75) is 26.2 Å². The second kappa shape index (κ2) is 7.37. The summed E-state index contributed by atoms with van der Waals surface area (Å²) in [7, 11) is -1.62. The minimum Gasteiger partial charge on any atom is -0.496 e. The average molecular weight is 463 g/mol. The molecular formula is C21H23BrN2O3S. The van der Waals surface area contributed by atoms with Gasteiger partial charge in [-0.2, -0.15) is 0 Å². The molecule has 0 bridgehead atoms. The number of methoxy groups -OCH3 is 1. The van der Waals surface area contributed by atoms with Gasteiger partial charge in [0.15, 0.2) is 0 Å². The number of sulfonamides is 1. The predicted molar refractivity (Wildman–Crippen MR) is 119 cm³/mol. The molecule has 0 fully saturated rings. The summed E-state index contributed by atoms with van der Waals surface area (Å²) in [5, 5.41) is 0.928. The van der Waals surface area contributed by atoms with E-state index in [0.717, 1.165) is 44.1 Å². The lowest BCUT2D eigenvalue weighted by Crippen LogP contribution is -2.13. The van der Waals surface area contributed by atoms with Crippen LogP contribution in [0.25, 0.3) is 22.0 Å². The molecule has 148 valence electrons. The second-order valence-electron chi connectivity index (χ2n) is 7.76. The Morgan fingerprint density at radius 1 is 1.07 bits per heavy atom. The van der Waals surface area contributed by atoms with Crippen molar-refractivity contribution in [2.75, 3.05) is 18.1 Å². The van der Waals surface area contributed by atoms with E-state index >= 15 is 0 Å². The third-order valence-electron chi connectivity index (χ3n) is 4.41. The number of hydrogen-bond donors (Lipinski definition) is 1. The molecule has 0 saturated carbocycles. The van der Waals surface area contributed by atoms with Crippen molar-refractivity contribution in [2.24, 2.45) is 0 Å². The Kier molecular flexibility index (Phi) is 5.42. The zero-order valence-corrected chi connectivity index (χ0v) is 18.9. The molecule has 0 aliphatic carbocycles. The lowest BCUT2D eigenvalue weighted by atomic mass is 9.85. The van der Waals surface area contributed by atoms with Crippen molar-refractivity contribution in [1.82, 2.24) is 4.98 Å². The molecular weight excluding hydrogens is 440 g/mol. The SMILES string of the molecule is COc1c(C(C)(C)C)cc(Br)c2ncc(-c3ccc(NS(C)(=O)=O)cc3)cc12. The maximum Gasteiger partial charge on any atom is 0.229 e. The summed E-state index contributed by atoms with van der Waals surface area (Å²) in [6, 6.07) is 11.3. The Bertz CT molecular complexity index is 1140. The van der Waals surface area contributed by atoms with Gasteiger partial charge in [-0.05, 0) is 51.2 Å². The Morgan fingerprint density at radius 3 is 2.25 bits per heavy atom. The number of nitrogens with one attached hydrogen (secondary N) is 1. The van der Waals surface area contributed by atoms with Gasteiger partial charge in [0.25, 0.3) is 0 Å². The van der Waals surface area contributed by atoms with Crippen molar-refractivity contribution < 1.29 is 13.2 Å². The van der Waals surface area contributed by atoms with Crippen LogP contribution in [-0.2, 0) is 15.4 Å². The van der Waals surface area contributed by atoms with Crippen LogP contribution in [0.15, 0.2) is 47.1 Å². The number of benzene rings is 2. The van der Waals surface area contributed by atoms with E-state index in [-0.39, 0.29) is 5.41 Å². The van der Waals surface area contributed by atoms with E-state index in [9.17, 15) is 8.42 Å². The Labute approximate surface area is 174 Å². The number of anilines is 1. The fourth-order valence-electron chi connectivity index (χ4n) is 3.11. The van der Waals surface area contributed by atoms with Crippen molar-refractivity contribution in [3.8, 4) is 16.9 Å². The lowest BCUT2D eigenvalue weighted by molar-refractivity contribution is 0.402. The molecule has 7 heteroatoms. The molecule has 0 atom stereocenters. The van der Waals surface area contributed by atoms with Crippen molar-refractivity contribution in [3.05, 3.63) is 52.6 Å². The van der Waals surface area contributed by atoms with E-state index in [2.05, 4.69) is 58.5 Å². The van der Waals surface area contributed by atoms with Gasteiger partial charge in [0.05, 0.1) is 18.9 Å². The van der Waals surface area contributed by atoms with Crippen LogP contribution in [0, 0.1) is 0 Å². The summed E-state index contributed by atoms with van der Waals surface area (Å²) in [6.07, 6.45) is 2.94. The van der Waals surface area contributed by atoms with E-state index in [4.69, 9.17) is 4.74 Å². The maximum absolute atomic E-state index is 11.4. The molecule has 3 aromatic rings. The summed E-state index contributed by atoms with van der Waals surface area (Å²) in [5.74, 6) is 0.815. The first-order valence-corrected chi connectivity index (χ1v) is 11.4. The zero-order valence-electron chi connectivity index (χ0n) is 16.5. The first-order valence-electron chi connectivity index (χ1n) is 8.74. The van der Waals surface area contributed by atoms with Gasteiger partial charge < -0.3 is 4.74 Å². The normalized spacial score (nSPS) is 12.2. The van der Waals surface area contributed by atoms with E-state index in [1.165, 1.54) is 0 Å². The molecule has 2 aromatic carbocycles. The third-order valence-corrected chi connectivity index (χ3v) is 5.62. The summed E-state index contributed by atoms with van der Waals surface area (Å²) in [4.78, 5) is 4.63. The highest BCUT2D eigenvalue weighted by atomic mass is 79.9. The minimum absolute atomic E-state index is 0.0863. The summed E-state index contributed by atoms with van der Waals surface area (Å²) in [6.45, 7) is 6.44. The van der Waals surface area contributed by atoms with Crippen LogP contribution in [0.2, 0.25) is 0 Å². The monoisotopic (exact) mass is 462 g/mol. The Morgan fingerprint density at radius 2 is 1.71 bits per heavy atom. The quantitative estimate of drug-likeness (QED) is 0.567. The first kappa shape index (κ1) is 20.6. The van der Waals surface area contributed by atoms with Crippen LogP contribution in [0.4, 0.5) is 5.69 Å². The molecule has 0 unspecified atom stereocenters. The number of rotatable bonds is 4. The Balaban J connectivity index is 2.13. The predicted octanol–water partition coefficient (Wildman–Crippen LogP) is 5.34. The van der Waals surface area contributed by atoms with Gasteiger partial charge in [0.2, 0.25) is 10.0 Å². The van der Waals surface area contributed by atoms with Crippen LogP contribution in [0.3, 0.4) is 0 Å². The second-order valence-corrected chi connectivity index (χ2v) is 10.4. The largest absolute Gasteiger partial charge is 0.496 e. The summed E-state index contributed by atoms with van der Waals surface area (Å²) >= 11 is 3.64. The van der Waals surface area contributed by atoms with Crippen LogP contribution in [0.1, 0.15) is 26.3 Å². The zero-order chi connectivity index (χ0) is 20.7. The molecule has 28 heavy (non-hydrogen) atoms. The first-order chi connectivity index (χ1) is 13.0. The molecule has 3 rings (SSSR count). The number of halogens is 1. The third kappa shape index (κ3) is 4.31. The molecule has 1 N–H and O–H groups in total. The van der Waals surface area contributed by atoms with Crippen LogP contribution < -0.4 is 9.46 Å². The topological polar surface area (TPSA) is 68.3 Å². The molecule has 1 aromatic heterocycles. The number of ether oxygens (including phenoxy) is 1. The van der Waals surface area contributed by atoms with E-state index in [1.54, 1.807) is 19.2 Å². The van der Waals surface area contributed by atoms with Crippen molar-refractivity contribution >= 4 is 42.5 Å². The highest BCUT2D eigenvalue weighted by molar-refractivity contribution is 9.10. The Hall–Kier alpha value is -2.12. The molecule has 1 heterocycles. The van der Waals surface area contributed by atoms with Gasteiger partial charge in [0, 0.05) is 32.9 Å². The fraction of sp³-hybridized carbons (Fsp3) is 0.286. The number of nitrogens with zero attached hydrogens (tertiary/aromatic N) is 1. The molecule has 0 aliphatic rings. The molecule has 0 saturated heterocycles. The number of fused-ring (bicyclic) bond motifs is 1. The average Bonchev–Trinajstić information content (AvgIpc) is 2.60. The highest BCUT2D eigenvalue weighted by Gasteiger charge is 2.23. The van der Waals surface area contributed by atoms with E-state index in [1.807, 2.05) is 18.3 Å². The van der Waals surface area contributed by atoms with Gasteiger partial charge in [-0.1, -0.05) is 32.9 Å². The highest BCUT2D eigenvalue weighted by Crippen LogP contribution is 2.41. The van der Waals surface area contributed by atoms with Gasteiger partial charge in [0.1, 0.15) is 5.75 Å². The van der Waals surface area contributed by atoms with Crippen LogP contribution >= 0.6 is 15.9 Å². The van der Waals surface area contributed by atoms with E-state index in [0.29, 0.717) is 5.69 Å². The van der Waals surface area contributed by atoms with Gasteiger partial charge in [-0.25, -0.2) is 8.42 Å². The lowest BCUT2D eigenvalue weighted by Gasteiger charge is -2.24. The van der Waals surface area contributed by atoms with Crippen LogP contribution in [-0.4, -0.2) is 26.8 Å². The van der Waals surface area contributed by atoms with Crippen molar-refractivity contribution in [1.29, 1.82) is 0 Å².